The monoisotopic (exact) mass is 248 g/mol. The predicted octanol–water partition coefficient (Wildman–Crippen LogP) is 2.86. The molecule has 2 atom stereocenters. The van der Waals surface area contributed by atoms with Gasteiger partial charge in [-0.15, -0.1) is 0 Å². The lowest BCUT2D eigenvalue weighted by Gasteiger charge is -2.23. The van der Waals surface area contributed by atoms with Crippen molar-refractivity contribution in [2.24, 2.45) is 5.92 Å². The third kappa shape index (κ3) is 2.75. The molecule has 0 fully saturated rings. The molecule has 1 aliphatic rings. The van der Waals surface area contributed by atoms with Crippen molar-refractivity contribution in [2.75, 3.05) is 17.2 Å². The molecule has 2 N–H and O–H groups in total. The summed E-state index contributed by atoms with van der Waals surface area (Å²) in [7, 11) is 0. The van der Waals surface area contributed by atoms with Gasteiger partial charge in [-0.05, 0) is 31.0 Å². The maximum atomic E-state index is 11.3. The Kier molecular flexibility index (Phi) is 3.75. The van der Waals surface area contributed by atoms with Gasteiger partial charge in [-0.2, -0.15) is 0 Å². The van der Waals surface area contributed by atoms with Crippen LogP contribution >= 0.6 is 0 Å². The number of carbonyl (C=O) groups is 1. The van der Waals surface area contributed by atoms with E-state index in [2.05, 4.69) is 31.4 Å². The van der Waals surface area contributed by atoms with Gasteiger partial charge >= 0.3 is 0 Å². The zero-order chi connectivity index (χ0) is 13.1. The molecule has 1 aromatic rings. The lowest BCUT2D eigenvalue weighted by Crippen LogP contribution is -2.26. The van der Waals surface area contributed by atoms with Gasteiger partial charge in [-0.3, -0.25) is 4.79 Å². The molecule has 1 amide bonds. The number of nitrogens with one attached hydrogen (secondary N) is 2. The number of carbonyl (C=O) groups excluding carboxylic acids is 1. The molecule has 0 aliphatic carbocycles. The van der Waals surface area contributed by atoms with Gasteiger partial charge < -0.3 is 15.4 Å². The van der Waals surface area contributed by atoms with Crippen LogP contribution < -0.4 is 15.4 Å². The van der Waals surface area contributed by atoms with E-state index in [-0.39, 0.29) is 12.5 Å². The Morgan fingerprint density at radius 1 is 1.44 bits per heavy atom. The Labute approximate surface area is 108 Å². The second kappa shape index (κ2) is 5.29. The first-order valence-corrected chi connectivity index (χ1v) is 6.43. The van der Waals surface area contributed by atoms with Crippen LogP contribution in [-0.4, -0.2) is 18.6 Å². The van der Waals surface area contributed by atoms with Crippen LogP contribution in [0.4, 0.5) is 11.4 Å². The lowest BCUT2D eigenvalue weighted by atomic mass is 10.0. The van der Waals surface area contributed by atoms with Crippen molar-refractivity contribution in [1.29, 1.82) is 0 Å². The van der Waals surface area contributed by atoms with E-state index in [0.717, 1.165) is 23.5 Å². The quantitative estimate of drug-likeness (QED) is 0.861. The third-order valence-corrected chi connectivity index (χ3v) is 3.50. The van der Waals surface area contributed by atoms with Gasteiger partial charge in [-0.25, -0.2) is 0 Å². The fraction of sp³-hybridized carbons (Fsp3) is 0.500. The summed E-state index contributed by atoms with van der Waals surface area (Å²) in [5.74, 6) is 1.23. The molecule has 4 heteroatoms. The molecule has 1 aromatic carbocycles. The third-order valence-electron chi connectivity index (χ3n) is 3.50. The Balaban J connectivity index is 2.11. The van der Waals surface area contributed by atoms with Crippen LogP contribution in [0.1, 0.15) is 27.2 Å². The summed E-state index contributed by atoms with van der Waals surface area (Å²) in [6.07, 6.45) is 1.14. The van der Waals surface area contributed by atoms with E-state index in [4.69, 9.17) is 4.74 Å². The summed E-state index contributed by atoms with van der Waals surface area (Å²) >= 11 is 0. The van der Waals surface area contributed by atoms with E-state index < -0.39 is 0 Å². The molecule has 1 aliphatic heterocycles. The van der Waals surface area contributed by atoms with Crippen molar-refractivity contribution in [1.82, 2.24) is 0 Å². The van der Waals surface area contributed by atoms with E-state index in [1.54, 1.807) is 0 Å². The van der Waals surface area contributed by atoms with Gasteiger partial charge in [0.2, 0.25) is 0 Å². The molecule has 4 nitrogen and oxygen atoms in total. The maximum absolute atomic E-state index is 11.3. The summed E-state index contributed by atoms with van der Waals surface area (Å²) in [4.78, 5) is 11.3. The average Bonchev–Trinajstić information content (AvgIpc) is 2.37. The molecule has 0 saturated heterocycles. The van der Waals surface area contributed by atoms with Gasteiger partial charge in [0.1, 0.15) is 5.75 Å². The Morgan fingerprint density at radius 2 is 2.22 bits per heavy atom. The number of benzene rings is 1. The number of fused-ring (bicyclic) bond motifs is 1. The normalized spacial score (nSPS) is 17.2. The van der Waals surface area contributed by atoms with Crippen molar-refractivity contribution in [2.45, 2.75) is 33.2 Å². The molecule has 0 aromatic heterocycles. The fourth-order valence-electron chi connectivity index (χ4n) is 1.93. The summed E-state index contributed by atoms with van der Waals surface area (Å²) < 4.78 is 5.32. The zero-order valence-electron chi connectivity index (χ0n) is 11.1. The largest absolute Gasteiger partial charge is 0.482 e. The van der Waals surface area contributed by atoms with Gasteiger partial charge in [0.15, 0.2) is 6.61 Å². The highest BCUT2D eigenvalue weighted by atomic mass is 16.5. The Bertz CT molecular complexity index is 445. The maximum Gasteiger partial charge on any atom is 0.262 e. The van der Waals surface area contributed by atoms with Crippen molar-refractivity contribution in [3.05, 3.63) is 18.2 Å². The van der Waals surface area contributed by atoms with Crippen LogP contribution in [0.15, 0.2) is 18.2 Å². The van der Waals surface area contributed by atoms with E-state index in [9.17, 15) is 4.79 Å². The number of amides is 1. The van der Waals surface area contributed by atoms with E-state index in [0.29, 0.717) is 12.0 Å². The molecule has 18 heavy (non-hydrogen) atoms. The van der Waals surface area contributed by atoms with Crippen molar-refractivity contribution in [3.63, 3.8) is 0 Å². The number of anilines is 2. The van der Waals surface area contributed by atoms with Crippen LogP contribution in [0.2, 0.25) is 0 Å². The van der Waals surface area contributed by atoms with Crippen LogP contribution in [0.5, 0.6) is 5.75 Å². The fourth-order valence-corrected chi connectivity index (χ4v) is 1.93. The van der Waals surface area contributed by atoms with Crippen LogP contribution in [0, 0.1) is 5.92 Å². The molecular weight excluding hydrogens is 228 g/mol. The molecule has 1 heterocycles. The minimum absolute atomic E-state index is 0.100. The molecule has 2 unspecified atom stereocenters. The predicted molar refractivity (Wildman–Crippen MR) is 73.1 cm³/mol. The van der Waals surface area contributed by atoms with E-state index >= 15 is 0 Å². The zero-order valence-corrected chi connectivity index (χ0v) is 11.1. The van der Waals surface area contributed by atoms with Crippen molar-refractivity contribution in [3.8, 4) is 5.75 Å². The molecule has 2 rings (SSSR count). The summed E-state index contributed by atoms with van der Waals surface area (Å²) in [5.41, 5.74) is 1.75. The van der Waals surface area contributed by atoms with Crippen molar-refractivity contribution >= 4 is 17.3 Å². The standard InChI is InChI=1S/C14H20N2O2/c1-4-9(2)10(3)15-11-5-6-13-12(7-11)16-14(17)8-18-13/h5-7,9-10,15H,4,8H2,1-3H3,(H,16,17). The van der Waals surface area contributed by atoms with Gasteiger partial charge in [0, 0.05) is 11.7 Å². The first-order valence-electron chi connectivity index (χ1n) is 6.43. The first-order chi connectivity index (χ1) is 8.60. The second-order valence-electron chi connectivity index (χ2n) is 4.87. The summed E-state index contributed by atoms with van der Waals surface area (Å²) in [5, 5.41) is 6.26. The second-order valence-corrected chi connectivity index (χ2v) is 4.87. The number of ether oxygens (including phenoxy) is 1. The highest BCUT2D eigenvalue weighted by Gasteiger charge is 2.17. The first kappa shape index (κ1) is 12.7. The number of hydrogen-bond donors (Lipinski definition) is 2. The highest BCUT2D eigenvalue weighted by Crippen LogP contribution is 2.31. The molecule has 98 valence electrons. The molecule has 0 radical (unpaired) electrons. The topological polar surface area (TPSA) is 50.4 Å². The van der Waals surface area contributed by atoms with Crippen LogP contribution in [0.25, 0.3) is 0 Å². The Morgan fingerprint density at radius 3 is 2.94 bits per heavy atom. The van der Waals surface area contributed by atoms with Crippen LogP contribution in [0.3, 0.4) is 0 Å². The Hall–Kier alpha value is -1.71. The minimum atomic E-state index is -0.102. The van der Waals surface area contributed by atoms with Crippen molar-refractivity contribution < 1.29 is 9.53 Å². The lowest BCUT2D eigenvalue weighted by molar-refractivity contribution is -0.118. The van der Waals surface area contributed by atoms with Gasteiger partial charge in [0.25, 0.3) is 5.91 Å². The van der Waals surface area contributed by atoms with Gasteiger partial charge in [-0.1, -0.05) is 20.3 Å². The van der Waals surface area contributed by atoms with Crippen LogP contribution in [-0.2, 0) is 4.79 Å². The van der Waals surface area contributed by atoms with E-state index in [1.807, 2.05) is 18.2 Å². The minimum Gasteiger partial charge on any atom is -0.482 e. The smallest absolute Gasteiger partial charge is 0.262 e. The number of hydrogen-bond acceptors (Lipinski definition) is 3. The molecular formula is C14H20N2O2. The average molecular weight is 248 g/mol. The number of rotatable bonds is 4. The highest BCUT2D eigenvalue weighted by molar-refractivity contribution is 5.96. The SMILES string of the molecule is CCC(C)C(C)Nc1ccc2c(c1)NC(=O)CO2. The molecule has 0 spiro atoms. The summed E-state index contributed by atoms with van der Waals surface area (Å²) in [6.45, 7) is 6.68. The summed E-state index contributed by atoms with van der Waals surface area (Å²) in [6, 6.07) is 6.19. The van der Waals surface area contributed by atoms with E-state index in [1.165, 1.54) is 0 Å². The van der Waals surface area contributed by atoms with Gasteiger partial charge in [0.05, 0.1) is 5.69 Å². The molecule has 0 saturated carbocycles. The molecule has 0 bridgehead atoms.